The van der Waals surface area contributed by atoms with Gasteiger partial charge in [0.05, 0.1) is 10.6 Å². The summed E-state index contributed by atoms with van der Waals surface area (Å²) in [6.07, 6.45) is 0. The summed E-state index contributed by atoms with van der Waals surface area (Å²) in [4.78, 5) is 36.5. The third-order valence-electron chi connectivity index (χ3n) is 3.91. The van der Waals surface area contributed by atoms with E-state index in [1.165, 1.54) is 30.3 Å². The third-order valence-corrected chi connectivity index (χ3v) is 4.45. The monoisotopic (exact) mass is 427 g/mol. The van der Waals surface area contributed by atoms with Crippen molar-refractivity contribution < 1.29 is 14.4 Å². The number of hydrogen-bond acceptors (Lipinski definition) is 3. The Balaban J connectivity index is 1.57. The minimum Gasteiger partial charge on any atom is -0.322 e. The van der Waals surface area contributed by atoms with E-state index >= 15 is 0 Å². The molecule has 0 radical (unpaired) electrons. The second kappa shape index (κ2) is 9.23. The van der Waals surface area contributed by atoms with Crippen molar-refractivity contribution in [3.63, 3.8) is 0 Å². The topological polar surface area (TPSA) is 87.3 Å². The van der Waals surface area contributed by atoms with Gasteiger partial charge in [0, 0.05) is 21.8 Å². The van der Waals surface area contributed by atoms with Gasteiger partial charge >= 0.3 is 0 Å². The first-order valence-electron chi connectivity index (χ1n) is 8.46. The molecule has 0 bridgehead atoms. The van der Waals surface area contributed by atoms with E-state index in [0.29, 0.717) is 21.8 Å². The lowest BCUT2D eigenvalue weighted by molar-refractivity contribution is 0.0847. The van der Waals surface area contributed by atoms with E-state index in [1.807, 2.05) is 6.07 Å². The van der Waals surface area contributed by atoms with Crippen LogP contribution in [0, 0.1) is 0 Å². The molecular weight excluding hydrogens is 413 g/mol. The van der Waals surface area contributed by atoms with Crippen LogP contribution in [0.4, 0.5) is 5.69 Å². The van der Waals surface area contributed by atoms with Crippen LogP contribution in [0.1, 0.15) is 31.1 Å². The van der Waals surface area contributed by atoms with Gasteiger partial charge in [-0.1, -0.05) is 41.4 Å². The Kier molecular flexibility index (Phi) is 6.49. The average molecular weight is 428 g/mol. The van der Waals surface area contributed by atoms with Gasteiger partial charge in [0.1, 0.15) is 0 Å². The highest BCUT2D eigenvalue weighted by Crippen LogP contribution is 2.20. The van der Waals surface area contributed by atoms with E-state index in [2.05, 4.69) is 16.2 Å². The van der Waals surface area contributed by atoms with Gasteiger partial charge in [-0.3, -0.25) is 25.2 Å². The minimum atomic E-state index is -0.577. The van der Waals surface area contributed by atoms with Crippen molar-refractivity contribution >= 4 is 46.6 Å². The molecule has 3 aromatic carbocycles. The summed E-state index contributed by atoms with van der Waals surface area (Å²) in [6, 6.07) is 19.4. The Morgan fingerprint density at radius 3 is 1.93 bits per heavy atom. The molecule has 0 saturated heterocycles. The number of benzene rings is 3. The zero-order valence-electron chi connectivity index (χ0n) is 14.9. The quantitative estimate of drug-likeness (QED) is 0.541. The second-order valence-corrected chi connectivity index (χ2v) is 6.77. The zero-order valence-corrected chi connectivity index (χ0v) is 16.4. The van der Waals surface area contributed by atoms with Crippen LogP contribution in [0.15, 0.2) is 72.8 Å². The molecule has 8 heteroatoms. The van der Waals surface area contributed by atoms with Crippen molar-refractivity contribution in [1.82, 2.24) is 10.9 Å². The number of halogens is 2. The maximum Gasteiger partial charge on any atom is 0.271 e. The van der Waals surface area contributed by atoms with E-state index in [0.717, 1.165) is 0 Å². The van der Waals surface area contributed by atoms with Gasteiger partial charge in [0.2, 0.25) is 0 Å². The smallest absolute Gasteiger partial charge is 0.271 e. The summed E-state index contributed by atoms with van der Waals surface area (Å²) in [5.41, 5.74) is 6.13. The number of carbonyl (C=O) groups is 3. The van der Waals surface area contributed by atoms with Crippen molar-refractivity contribution in [2.24, 2.45) is 0 Å². The van der Waals surface area contributed by atoms with Crippen LogP contribution in [0.25, 0.3) is 0 Å². The normalized spacial score (nSPS) is 10.1. The van der Waals surface area contributed by atoms with Gasteiger partial charge < -0.3 is 5.32 Å². The van der Waals surface area contributed by atoms with Crippen molar-refractivity contribution in [3.05, 3.63) is 99.5 Å². The van der Waals surface area contributed by atoms with Gasteiger partial charge in [-0.25, -0.2) is 0 Å². The first-order chi connectivity index (χ1) is 13.9. The van der Waals surface area contributed by atoms with Gasteiger partial charge in [-0.05, 0) is 54.6 Å². The molecule has 3 aromatic rings. The number of amides is 3. The highest BCUT2D eigenvalue weighted by atomic mass is 35.5. The van der Waals surface area contributed by atoms with Gasteiger partial charge in [0.15, 0.2) is 0 Å². The molecule has 146 valence electrons. The number of anilines is 1. The Bertz CT molecular complexity index is 1050. The molecule has 0 atom stereocenters. The summed E-state index contributed by atoms with van der Waals surface area (Å²) in [5, 5.41) is 3.31. The molecular formula is C21H15Cl2N3O3. The van der Waals surface area contributed by atoms with Gasteiger partial charge in [-0.2, -0.15) is 0 Å². The highest BCUT2D eigenvalue weighted by Gasteiger charge is 2.13. The first-order valence-corrected chi connectivity index (χ1v) is 9.22. The van der Waals surface area contributed by atoms with E-state index in [1.54, 1.807) is 36.4 Å². The lowest BCUT2D eigenvalue weighted by Crippen LogP contribution is -2.41. The third kappa shape index (κ3) is 5.34. The Labute approximate surface area is 176 Å². The fourth-order valence-electron chi connectivity index (χ4n) is 2.42. The molecule has 0 unspecified atom stereocenters. The van der Waals surface area contributed by atoms with Crippen LogP contribution in [0.2, 0.25) is 10.0 Å². The maximum absolute atomic E-state index is 12.2. The molecule has 3 rings (SSSR count). The minimum absolute atomic E-state index is 0.169. The molecule has 29 heavy (non-hydrogen) atoms. The number of rotatable bonds is 4. The lowest BCUT2D eigenvalue weighted by atomic mass is 10.1. The summed E-state index contributed by atoms with van der Waals surface area (Å²) < 4.78 is 0. The van der Waals surface area contributed by atoms with E-state index < -0.39 is 11.8 Å². The fourth-order valence-corrected chi connectivity index (χ4v) is 2.92. The predicted molar refractivity (Wildman–Crippen MR) is 112 cm³/mol. The molecule has 0 heterocycles. The molecule has 3 N–H and O–H groups in total. The number of hydrogen-bond donors (Lipinski definition) is 3. The zero-order chi connectivity index (χ0) is 20.8. The van der Waals surface area contributed by atoms with Gasteiger partial charge in [0.25, 0.3) is 17.7 Å². The predicted octanol–water partition coefficient (Wildman–Crippen LogP) is 4.32. The van der Waals surface area contributed by atoms with E-state index in [4.69, 9.17) is 23.2 Å². The lowest BCUT2D eigenvalue weighted by Gasteiger charge is -2.10. The largest absolute Gasteiger partial charge is 0.322 e. The van der Waals surface area contributed by atoms with Crippen LogP contribution < -0.4 is 16.2 Å². The first kappa shape index (κ1) is 20.4. The van der Waals surface area contributed by atoms with Gasteiger partial charge in [-0.15, -0.1) is 0 Å². The highest BCUT2D eigenvalue weighted by molar-refractivity contribution is 6.36. The van der Waals surface area contributed by atoms with Crippen LogP contribution in [-0.2, 0) is 0 Å². The number of nitrogens with one attached hydrogen (secondary N) is 3. The molecule has 0 spiro atoms. The SMILES string of the molecule is O=C(NNC(=O)c1ccc(Cl)cc1Cl)c1ccc(NC(=O)c2ccccc2)cc1. The van der Waals surface area contributed by atoms with Crippen molar-refractivity contribution in [2.45, 2.75) is 0 Å². The Morgan fingerprint density at radius 1 is 0.655 bits per heavy atom. The van der Waals surface area contributed by atoms with Crippen molar-refractivity contribution in [1.29, 1.82) is 0 Å². The molecule has 0 saturated carbocycles. The summed E-state index contributed by atoms with van der Waals surface area (Å²) >= 11 is 11.8. The molecule has 0 fully saturated rings. The molecule has 0 aliphatic rings. The maximum atomic E-state index is 12.2. The standard InChI is InChI=1S/C21H15Cl2N3O3/c22-15-8-11-17(18(23)12-15)21(29)26-25-20(28)14-6-9-16(10-7-14)24-19(27)13-4-2-1-3-5-13/h1-12H,(H,24,27)(H,25,28)(H,26,29). The summed E-state index contributed by atoms with van der Waals surface area (Å²) in [6.45, 7) is 0. The fraction of sp³-hybridized carbons (Fsp3) is 0. The van der Waals surface area contributed by atoms with Crippen molar-refractivity contribution in [3.8, 4) is 0 Å². The summed E-state index contributed by atoms with van der Waals surface area (Å²) in [5.74, 6) is -1.36. The van der Waals surface area contributed by atoms with Crippen LogP contribution >= 0.6 is 23.2 Å². The molecule has 0 aliphatic carbocycles. The summed E-state index contributed by atoms with van der Waals surface area (Å²) in [7, 11) is 0. The average Bonchev–Trinajstić information content (AvgIpc) is 2.73. The van der Waals surface area contributed by atoms with Crippen molar-refractivity contribution in [2.75, 3.05) is 5.32 Å². The van der Waals surface area contributed by atoms with E-state index in [-0.39, 0.29) is 16.5 Å². The Morgan fingerprint density at radius 2 is 1.28 bits per heavy atom. The number of carbonyl (C=O) groups excluding carboxylic acids is 3. The van der Waals surface area contributed by atoms with E-state index in [9.17, 15) is 14.4 Å². The molecule has 0 aliphatic heterocycles. The van der Waals surface area contributed by atoms with Crippen LogP contribution in [0.5, 0.6) is 0 Å². The molecule has 6 nitrogen and oxygen atoms in total. The second-order valence-electron chi connectivity index (χ2n) is 5.93. The number of hydrazine groups is 1. The van der Waals surface area contributed by atoms with Crippen LogP contribution in [0.3, 0.4) is 0 Å². The van der Waals surface area contributed by atoms with Crippen LogP contribution in [-0.4, -0.2) is 17.7 Å². The molecule has 0 aromatic heterocycles. The molecule has 3 amide bonds. The Hall–Kier alpha value is -3.35.